The summed E-state index contributed by atoms with van der Waals surface area (Å²) in [6.45, 7) is 1.97. The summed E-state index contributed by atoms with van der Waals surface area (Å²) in [6.07, 6.45) is 0. The Labute approximate surface area is 128 Å². The van der Waals surface area contributed by atoms with Crippen LogP contribution in [0.15, 0.2) is 47.4 Å². The maximum atomic E-state index is 11.9. The number of rotatable bonds is 4. The van der Waals surface area contributed by atoms with Crippen LogP contribution in [0.5, 0.6) is 0 Å². The highest BCUT2D eigenvalue weighted by Gasteiger charge is 2.06. The standard InChI is InChI=1S/C16H15N3OS/c1-11-8-13(18)4-7-15(11)21-10-16(20)19-14-5-2-12(9-17)3-6-14/h2-8H,10,18H2,1H3,(H,19,20). The average molecular weight is 297 g/mol. The maximum absolute atomic E-state index is 11.9. The first-order valence-corrected chi connectivity index (χ1v) is 7.36. The Kier molecular flexibility index (Phi) is 4.85. The minimum atomic E-state index is -0.0825. The molecular formula is C16H15N3OS. The first-order valence-electron chi connectivity index (χ1n) is 6.37. The second-order valence-corrected chi connectivity index (χ2v) is 5.57. The minimum Gasteiger partial charge on any atom is -0.399 e. The molecular weight excluding hydrogens is 282 g/mol. The van der Waals surface area contributed by atoms with Crippen molar-refractivity contribution in [2.75, 3.05) is 16.8 Å². The number of hydrogen-bond donors (Lipinski definition) is 2. The van der Waals surface area contributed by atoms with Crippen molar-refractivity contribution >= 4 is 29.0 Å². The van der Waals surface area contributed by atoms with Gasteiger partial charge in [-0.3, -0.25) is 4.79 Å². The maximum Gasteiger partial charge on any atom is 0.234 e. The van der Waals surface area contributed by atoms with Crippen molar-refractivity contribution in [1.82, 2.24) is 0 Å². The van der Waals surface area contributed by atoms with Gasteiger partial charge in [0.2, 0.25) is 5.91 Å². The molecule has 0 saturated heterocycles. The highest BCUT2D eigenvalue weighted by Crippen LogP contribution is 2.24. The summed E-state index contributed by atoms with van der Waals surface area (Å²) in [5.41, 5.74) is 8.74. The number of nitrogens with two attached hydrogens (primary N) is 1. The summed E-state index contributed by atoms with van der Waals surface area (Å²) in [5, 5.41) is 11.5. The Balaban J connectivity index is 1.91. The zero-order valence-corrected chi connectivity index (χ0v) is 12.4. The number of carbonyl (C=O) groups is 1. The van der Waals surface area contributed by atoms with Gasteiger partial charge in [0, 0.05) is 16.3 Å². The Morgan fingerprint density at radius 1 is 1.29 bits per heavy atom. The monoisotopic (exact) mass is 297 g/mol. The van der Waals surface area contributed by atoms with E-state index in [1.807, 2.05) is 31.2 Å². The predicted octanol–water partition coefficient (Wildman–Crippen LogP) is 3.18. The Hall–Kier alpha value is -2.45. The Morgan fingerprint density at radius 2 is 2.00 bits per heavy atom. The number of nitriles is 1. The van der Waals surface area contributed by atoms with Crippen LogP contribution in [0.3, 0.4) is 0 Å². The fraction of sp³-hybridized carbons (Fsp3) is 0.125. The number of carbonyl (C=O) groups excluding carboxylic acids is 1. The van der Waals surface area contributed by atoms with E-state index in [2.05, 4.69) is 5.32 Å². The molecule has 0 aliphatic carbocycles. The van der Waals surface area contributed by atoms with Gasteiger partial charge in [0.1, 0.15) is 0 Å². The van der Waals surface area contributed by atoms with E-state index in [1.54, 1.807) is 24.3 Å². The van der Waals surface area contributed by atoms with Gasteiger partial charge >= 0.3 is 0 Å². The zero-order chi connectivity index (χ0) is 15.2. The van der Waals surface area contributed by atoms with Gasteiger partial charge in [0.05, 0.1) is 17.4 Å². The average Bonchev–Trinajstić information content (AvgIpc) is 2.47. The first kappa shape index (κ1) is 14.9. The number of benzene rings is 2. The lowest BCUT2D eigenvalue weighted by Crippen LogP contribution is -2.14. The van der Waals surface area contributed by atoms with E-state index in [1.165, 1.54) is 11.8 Å². The van der Waals surface area contributed by atoms with E-state index < -0.39 is 0 Å². The number of hydrogen-bond acceptors (Lipinski definition) is 4. The molecule has 2 aromatic carbocycles. The molecule has 0 spiro atoms. The van der Waals surface area contributed by atoms with Crippen molar-refractivity contribution < 1.29 is 4.79 Å². The van der Waals surface area contributed by atoms with Crippen molar-refractivity contribution in [2.45, 2.75) is 11.8 Å². The summed E-state index contributed by atoms with van der Waals surface area (Å²) < 4.78 is 0. The molecule has 21 heavy (non-hydrogen) atoms. The number of nitrogen functional groups attached to an aromatic ring is 1. The van der Waals surface area contributed by atoms with Gasteiger partial charge in [0.25, 0.3) is 0 Å². The molecule has 0 heterocycles. The van der Waals surface area contributed by atoms with Gasteiger partial charge in [-0.15, -0.1) is 11.8 Å². The minimum absolute atomic E-state index is 0.0825. The molecule has 1 amide bonds. The van der Waals surface area contributed by atoms with Crippen LogP contribution in [0.4, 0.5) is 11.4 Å². The van der Waals surface area contributed by atoms with Gasteiger partial charge in [-0.2, -0.15) is 5.26 Å². The van der Waals surface area contributed by atoms with Crippen LogP contribution in [-0.4, -0.2) is 11.7 Å². The summed E-state index contributed by atoms with van der Waals surface area (Å²) in [7, 11) is 0. The molecule has 3 N–H and O–H groups in total. The Morgan fingerprint density at radius 3 is 2.62 bits per heavy atom. The van der Waals surface area contributed by atoms with Crippen LogP contribution in [-0.2, 0) is 4.79 Å². The topological polar surface area (TPSA) is 78.9 Å². The predicted molar refractivity (Wildman–Crippen MR) is 86.1 cm³/mol. The Bertz CT molecular complexity index is 690. The molecule has 2 aromatic rings. The van der Waals surface area contributed by atoms with Crippen LogP contribution in [0.1, 0.15) is 11.1 Å². The third kappa shape index (κ3) is 4.26. The van der Waals surface area contributed by atoms with Crippen molar-refractivity contribution in [3.8, 4) is 6.07 Å². The lowest BCUT2D eigenvalue weighted by molar-refractivity contribution is -0.113. The quantitative estimate of drug-likeness (QED) is 0.671. The molecule has 0 atom stereocenters. The van der Waals surface area contributed by atoms with E-state index in [4.69, 9.17) is 11.0 Å². The highest BCUT2D eigenvalue weighted by molar-refractivity contribution is 8.00. The number of nitrogens with zero attached hydrogens (tertiary/aromatic N) is 1. The molecule has 0 bridgehead atoms. The molecule has 0 unspecified atom stereocenters. The highest BCUT2D eigenvalue weighted by atomic mass is 32.2. The molecule has 0 radical (unpaired) electrons. The normalized spacial score (nSPS) is 9.90. The fourth-order valence-corrected chi connectivity index (χ4v) is 2.61. The van der Waals surface area contributed by atoms with Crippen molar-refractivity contribution in [3.63, 3.8) is 0 Å². The summed E-state index contributed by atoms with van der Waals surface area (Å²) in [4.78, 5) is 12.9. The van der Waals surface area contributed by atoms with Crippen LogP contribution in [0.25, 0.3) is 0 Å². The van der Waals surface area contributed by atoms with Crippen LogP contribution >= 0.6 is 11.8 Å². The van der Waals surface area contributed by atoms with Crippen molar-refractivity contribution in [2.24, 2.45) is 0 Å². The third-order valence-electron chi connectivity index (χ3n) is 2.86. The van der Waals surface area contributed by atoms with Gasteiger partial charge in [-0.05, 0) is 55.0 Å². The summed E-state index contributed by atoms with van der Waals surface area (Å²) in [6, 6.07) is 14.5. The van der Waals surface area contributed by atoms with Gasteiger partial charge < -0.3 is 11.1 Å². The number of thioether (sulfide) groups is 1. The number of nitrogens with one attached hydrogen (secondary N) is 1. The lowest BCUT2D eigenvalue weighted by Gasteiger charge is -2.07. The molecule has 0 fully saturated rings. The molecule has 106 valence electrons. The molecule has 5 heteroatoms. The number of amides is 1. The van der Waals surface area contributed by atoms with E-state index in [-0.39, 0.29) is 5.91 Å². The molecule has 2 rings (SSSR count). The third-order valence-corrected chi connectivity index (χ3v) is 4.03. The van der Waals surface area contributed by atoms with Gasteiger partial charge in [-0.25, -0.2) is 0 Å². The zero-order valence-electron chi connectivity index (χ0n) is 11.6. The second-order valence-electron chi connectivity index (χ2n) is 4.55. The van der Waals surface area contributed by atoms with Crippen molar-refractivity contribution in [1.29, 1.82) is 5.26 Å². The SMILES string of the molecule is Cc1cc(N)ccc1SCC(=O)Nc1ccc(C#N)cc1. The van der Waals surface area contributed by atoms with Gasteiger partial charge in [0.15, 0.2) is 0 Å². The largest absolute Gasteiger partial charge is 0.399 e. The smallest absolute Gasteiger partial charge is 0.234 e. The van der Waals surface area contributed by atoms with Crippen LogP contribution in [0.2, 0.25) is 0 Å². The molecule has 0 aromatic heterocycles. The molecule has 0 saturated carbocycles. The van der Waals surface area contributed by atoms with Crippen LogP contribution in [0, 0.1) is 18.3 Å². The number of aryl methyl sites for hydroxylation is 1. The van der Waals surface area contributed by atoms with Gasteiger partial charge in [-0.1, -0.05) is 0 Å². The second kappa shape index (κ2) is 6.82. The molecule has 0 aliphatic rings. The van der Waals surface area contributed by atoms with E-state index in [9.17, 15) is 4.79 Å². The summed E-state index contributed by atoms with van der Waals surface area (Å²) >= 11 is 1.47. The van der Waals surface area contributed by atoms with E-state index in [0.717, 1.165) is 16.1 Å². The lowest BCUT2D eigenvalue weighted by atomic mass is 10.2. The first-order chi connectivity index (χ1) is 10.1. The number of anilines is 2. The van der Waals surface area contributed by atoms with Crippen molar-refractivity contribution in [3.05, 3.63) is 53.6 Å². The van der Waals surface area contributed by atoms with E-state index in [0.29, 0.717) is 17.0 Å². The molecule has 0 aliphatic heterocycles. The summed E-state index contributed by atoms with van der Waals surface area (Å²) in [5.74, 6) is 0.242. The molecule has 4 nitrogen and oxygen atoms in total. The van der Waals surface area contributed by atoms with E-state index >= 15 is 0 Å². The van der Waals surface area contributed by atoms with Crippen LogP contribution < -0.4 is 11.1 Å². The fourth-order valence-electron chi connectivity index (χ4n) is 1.80.